The number of allylic oxidation sites excluding steroid dienone is 1. The van der Waals surface area contributed by atoms with E-state index < -0.39 is 0 Å². The van der Waals surface area contributed by atoms with Crippen LogP contribution in [0.3, 0.4) is 0 Å². The molecule has 1 aromatic heterocycles. The Morgan fingerprint density at radius 3 is 2.52 bits per heavy atom. The molecule has 2 heterocycles. The lowest BCUT2D eigenvalue weighted by molar-refractivity contribution is -0.136. The minimum Gasteiger partial charge on any atom is -0.466 e. The molecule has 1 N–H and O–H groups in total. The lowest BCUT2D eigenvalue weighted by Gasteiger charge is -2.30. The molecule has 3 aromatic rings. The molecule has 0 bridgehead atoms. The van der Waals surface area contributed by atoms with Crippen molar-refractivity contribution in [1.29, 1.82) is 0 Å². The molecule has 0 saturated carbocycles. The third kappa shape index (κ3) is 2.79. The van der Waals surface area contributed by atoms with Crippen molar-refractivity contribution in [3.8, 4) is 0 Å². The molecule has 138 valence electrons. The summed E-state index contributed by atoms with van der Waals surface area (Å²) in [6.07, 6.45) is 0. The highest BCUT2D eigenvalue weighted by atomic mass is 16.5. The molecule has 0 saturated heterocycles. The van der Waals surface area contributed by atoms with Crippen molar-refractivity contribution < 1.29 is 9.53 Å². The zero-order valence-corrected chi connectivity index (χ0v) is 16.0. The second kappa shape index (κ2) is 6.58. The van der Waals surface area contributed by atoms with Gasteiger partial charge in [0.2, 0.25) is 5.95 Å². The van der Waals surface area contributed by atoms with Gasteiger partial charge in [-0.2, -0.15) is 0 Å². The monoisotopic (exact) mass is 361 g/mol. The van der Waals surface area contributed by atoms with E-state index in [1.54, 1.807) is 0 Å². The lowest BCUT2D eigenvalue weighted by Crippen LogP contribution is -2.28. The van der Waals surface area contributed by atoms with Crippen LogP contribution >= 0.6 is 0 Å². The molecule has 27 heavy (non-hydrogen) atoms. The van der Waals surface area contributed by atoms with Crippen LogP contribution in [0.2, 0.25) is 0 Å². The molecule has 1 atom stereocenters. The highest BCUT2D eigenvalue weighted by Crippen LogP contribution is 2.39. The molecule has 1 aliphatic heterocycles. The van der Waals surface area contributed by atoms with E-state index in [9.17, 15) is 4.79 Å². The van der Waals surface area contributed by atoms with Gasteiger partial charge in [-0.25, -0.2) is 9.78 Å². The van der Waals surface area contributed by atoms with Crippen LogP contribution in [0.1, 0.15) is 43.9 Å². The smallest absolute Gasteiger partial charge is 0.337 e. The van der Waals surface area contributed by atoms with Gasteiger partial charge in [0, 0.05) is 5.70 Å². The summed E-state index contributed by atoms with van der Waals surface area (Å²) in [6, 6.07) is 16.1. The van der Waals surface area contributed by atoms with Gasteiger partial charge >= 0.3 is 5.97 Å². The Hall–Kier alpha value is -3.08. The third-order valence-corrected chi connectivity index (χ3v) is 5.15. The van der Waals surface area contributed by atoms with Crippen molar-refractivity contribution in [2.75, 3.05) is 12.4 Å². The Morgan fingerprint density at radius 2 is 1.85 bits per heavy atom. The molecule has 1 aliphatic rings. The second-order valence-corrected chi connectivity index (χ2v) is 7.17. The van der Waals surface area contributed by atoms with Gasteiger partial charge in [0.15, 0.2) is 0 Å². The standard InChI is InChI=1S/C22H23N3O2/c1-13(2)15-9-11-16(12-10-15)20-19(21(26)27-4)14(3)23-22-24-17-7-5-6-8-18(17)25(20)22/h5-13,20H,1-4H3,(H,23,24)/t20-/m1/s1. The number of para-hydroxylation sites is 2. The maximum Gasteiger partial charge on any atom is 0.337 e. The van der Waals surface area contributed by atoms with Gasteiger partial charge in [0.05, 0.1) is 29.8 Å². The molecular formula is C22H23N3O2. The van der Waals surface area contributed by atoms with E-state index >= 15 is 0 Å². The third-order valence-electron chi connectivity index (χ3n) is 5.15. The highest BCUT2D eigenvalue weighted by molar-refractivity contribution is 5.94. The molecule has 4 rings (SSSR count). The fraction of sp³-hybridized carbons (Fsp3) is 0.273. The number of fused-ring (bicyclic) bond motifs is 3. The van der Waals surface area contributed by atoms with Crippen LogP contribution < -0.4 is 5.32 Å². The lowest BCUT2D eigenvalue weighted by atomic mass is 9.93. The van der Waals surface area contributed by atoms with Gasteiger partial charge in [-0.05, 0) is 36.1 Å². The van der Waals surface area contributed by atoms with Gasteiger partial charge in [0.25, 0.3) is 0 Å². The number of aromatic nitrogens is 2. The van der Waals surface area contributed by atoms with Gasteiger partial charge in [-0.1, -0.05) is 50.2 Å². The van der Waals surface area contributed by atoms with Crippen molar-refractivity contribution in [2.45, 2.75) is 32.7 Å². The van der Waals surface area contributed by atoms with Crippen molar-refractivity contribution in [3.63, 3.8) is 0 Å². The van der Waals surface area contributed by atoms with E-state index in [-0.39, 0.29) is 12.0 Å². The Bertz CT molecular complexity index is 1050. The van der Waals surface area contributed by atoms with Crippen molar-refractivity contribution in [3.05, 3.63) is 70.9 Å². The highest BCUT2D eigenvalue weighted by Gasteiger charge is 2.34. The number of methoxy groups -OCH3 is 1. The Kier molecular flexibility index (Phi) is 4.22. The first-order chi connectivity index (χ1) is 13.0. The number of esters is 1. The molecule has 5 nitrogen and oxygen atoms in total. The average Bonchev–Trinajstić information content (AvgIpc) is 3.04. The van der Waals surface area contributed by atoms with E-state index in [0.29, 0.717) is 11.5 Å². The summed E-state index contributed by atoms with van der Waals surface area (Å²) in [6.45, 7) is 6.24. The van der Waals surface area contributed by atoms with Crippen LogP contribution in [0.5, 0.6) is 0 Å². The number of benzene rings is 2. The van der Waals surface area contributed by atoms with Gasteiger partial charge in [0.1, 0.15) is 0 Å². The number of imidazole rings is 1. The fourth-order valence-electron chi connectivity index (χ4n) is 3.72. The van der Waals surface area contributed by atoms with Crippen molar-refractivity contribution in [1.82, 2.24) is 9.55 Å². The molecule has 2 aromatic carbocycles. The van der Waals surface area contributed by atoms with Gasteiger partial charge in [-0.15, -0.1) is 0 Å². The molecule has 0 unspecified atom stereocenters. The average molecular weight is 361 g/mol. The summed E-state index contributed by atoms with van der Waals surface area (Å²) in [5.74, 6) is 0.856. The van der Waals surface area contributed by atoms with Gasteiger partial charge < -0.3 is 10.1 Å². The van der Waals surface area contributed by atoms with E-state index in [0.717, 1.165) is 28.2 Å². The SMILES string of the molecule is COC(=O)C1=C(C)Nc2nc3ccccc3n2[C@@H]1c1ccc(C(C)C)cc1. The Balaban J connectivity index is 1.95. The number of hydrogen-bond donors (Lipinski definition) is 1. The maximum atomic E-state index is 12.7. The molecule has 0 radical (unpaired) electrons. The zero-order valence-electron chi connectivity index (χ0n) is 16.0. The molecule has 0 fully saturated rings. The zero-order chi connectivity index (χ0) is 19.1. The normalized spacial score (nSPS) is 16.4. The molecular weight excluding hydrogens is 338 g/mol. The number of ether oxygens (including phenoxy) is 1. The number of carbonyl (C=O) groups is 1. The number of hydrogen-bond acceptors (Lipinski definition) is 4. The first-order valence-electron chi connectivity index (χ1n) is 9.14. The topological polar surface area (TPSA) is 56.1 Å². The van der Waals surface area contributed by atoms with E-state index in [1.165, 1.54) is 12.7 Å². The molecule has 0 spiro atoms. The van der Waals surface area contributed by atoms with Crippen LogP contribution in [0, 0.1) is 0 Å². The van der Waals surface area contributed by atoms with Crippen LogP contribution in [0.15, 0.2) is 59.8 Å². The largest absolute Gasteiger partial charge is 0.466 e. The predicted molar refractivity (Wildman–Crippen MR) is 107 cm³/mol. The molecule has 0 amide bonds. The van der Waals surface area contributed by atoms with Crippen molar-refractivity contribution >= 4 is 23.0 Å². The van der Waals surface area contributed by atoms with E-state index in [4.69, 9.17) is 9.72 Å². The van der Waals surface area contributed by atoms with Crippen LogP contribution in [0.25, 0.3) is 11.0 Å². The first-order valence-corrected chi connectivity index (χ1v) is 9.14. The summed E-state index contributed by atoms with van der Waals surface area (Å²) < 4.78 is 7.19. The Labute approximate surface area is 158 Å². The fourth-order valence-corrected chi connectivity index (χ4v) is 3.72. The first kappa shape index (κ1) is 17.3. The summed E-state index contributed by atoms with van der Waals surface area (Å²) in [5.41, 5.74) is 5.54. The van der Waals surface area contributed by atoms with Crippen LogP contribution in [0.4, 0.5) is 5.95 Å². The Morgan fingerprint density at radius 1 is 1.15 bits per heavy atom. The molecule has 5 heteroatoms. The number of nitrogens with zero attached hydrogens (tertiary/aromatic N) is 2. The summed E-state index contributed by atoms with van der Waals surface area (Å²) in [5, 5.41) is 3.27. The number of rotatable bonds is 3. The quantitative estimate of drug-likeness (QED) is 0.692. The van der Waals surface area contributed by atoms with Gasteiger partial charge in [-0.3, -0.25) is 4.57 Å². The second-order valence-electron chi connectivity index (χ2n) is 7.17. The van der Waals surface area contributed by atoms with E-state index in [1.807, 2.05) is 31.2 Å². The van der Waals surface area contributed by atoms with E-state index in [2.05, 4.69) is 48.0 Å². The minimum atomic E-state index is -0.332. The number of carbonyl (C=O) groups excluding carboxylic acids is 1. The number of anilines is 1. The summed E-state index contributed by atoms with van der Waals surface area (Å²) >= 11 is 0. The van der Waals surface area contributed by atoms with Crippen molar-refractivity contribution in [2.24, 2.45) is 0 Å². The summed E-state index contributed by atoms with van der Waals surface area (Å²) in [7, 11) is 1.42. The maximum absolute atomic E-state index is 12.7. The number of nitrogens with one attached hydrogen (secondary N) is 1. The van der Waals surface area contributed by atoms with Crippen LogP contribution in [-0.2, 0) is 9.53 Å². The minimum absolute atomic E-state index is 0.290. The predicted octanol–water partition coefficient (Wildman–Crippen LogP) is 4.62. The molecule has 0 aliphatic carbocycles. The summed E-state index contributed by atoms with van der Waals surface area (Å²) in [4.78, 5) is 17.4. The van der Waals surface area contributed by atoms with Crippen LogP contribution in [-0.4, -0.2) is 22.6 Å².